The van der Waals surface area contributed by atoms with E-state index in [0.29, 0.717) is 5.69 Å². The highest BCUT2D eigenvalue weighted by atomic mass is 16.5. The Bertz CT molecular complexity index is 1040. The number of benzene rings is 2. The van der Waals surface area contributed by atoms with Crippen LogP contribution in [0.25, 0.3) is 0 Å². The minimum absolute atomic E-state index is 0.0879. The summed E-state index contributed by atoms with van der Waals surface area (Å²) in [6.45, 7) is 6.96. The van der Waals surface area contributed by atoms with Gasteiger partial charge in [-0.3, -0.25) is 19.3 Å². The fraction of sp³-hybridized carbons (Fsp3) is 0.182. The molecule has 0 atom stereocenters. The van der Waals surface area contributed by atoms with Crippen molar-refractivity contribution < 1.29 is 23.9 Å². The minimum atomic E-state index is -0.758. The Hall–Kier alpha value is -3.74. The summed E-state index contributed by atoms with van der Waals surface area (Å²) in [6.07, 6.45) is 1.45. The lowest BCUT2D eigenvalue weighted by Gasteiger charge is -2.10. The van der Waals surface area contributed by atoms with Crippen LogP contribution in [0.3, 0.4) is 0 Å². The molecule has 2 aromatic rings. The smallest absolute Gasteiger partial charge is 0.338 e. The average molecular weight is 392 g/mol. The van der Waals surface area contributed by atoms with E-state index >= 15 is 0 Å². The monoisotopic (exact) mass is 392 g/mol. The summed E-state index contributed by atoms with van der Waals surface area (Å²) in [5.74, 6) is -2.16. The molecule has 7 nitrogen and oxygen atoms in total. The SMILES string of the molecule is C=CCN1C(=O)c2ccc(C(=O)OCC(=O)Nc3cccc(C)c3C)cc2C1=O. The van der Waals surface area contributed by atoms with Crippen molar-refractivity contribution in [2.24, 2.45) is 0 Å². The number of carbonyl (C=O) groups excluding carboxylic acids is 4. The molecule has 148 valence electrons. The number of fused-ring (bicyclic) bond motifs is 1. The van der Waals surface area contributed by atoms with Crippen LogP contribution >= 0.6 is 0 Å². The maximum Gasteiger partial charge on any atom is 0.338 e. The first-order valence-electron chi connectivity index (χ1n) is 8.97. The number of amides is 3. The predicted molar refractivity (Wildman–Crippen MR) is 107 cm³/mol. The van der Waals surface area contributed by atoms with Gasteiger partial charge >= 0.3 is 5.97 Å². The Morgan fingerprint density at radius 1 is 1.10 bits per heavy atom. The number of nitrogens with zero attached hydrogens (tertiary/aromatic N) is 1. The maximum atomic E-state index is 12.3. The largest absolute Gasteiger partial charge is 0.452 e. The number of nitrogens with one attached hydrogen (secondary N) is 1. The number of hydrogen-bond acceptors (Lipinski definition) is 5. The minimum Gasteiger partial charge on any atom is -0.452 e. The number of esters is 1. The summed E-state index contributed by atoms with van der Waals surface area (Å²) in [6, 6.07) is 9.63. The van der Waals surface area contributed by atoms with Crippen LogP contribution in [0.15, 0.2) is 49.1 Å². The second kappa shape index (κ2) is 8.10. The van der Waals surface area contributed by atoms with Crippen molar-refractivity contribution in [3.8, 4) is 0 Å². The molecule has 3 rings (SSSR count). The summed E-state index contributed by atoms with van der Waals surface area (Å²) in [5.41, 5.74) is 3.05. The van der Waals surface area contributed by atoms with Crippen LogP contribution < -0.4 is 5.32 Å². The first kappa shape index (κ1) is 20.0. The number of anilines is 1. The van der Waals surface area contributed by atoms with Crippen molar-refractivity contribution >= 4 is 29.4 Å². The number of imide groups is 1. The van der Waals surface area contributed by atoms with E-state index in [-0.39, 0.29) is 23.2 Å². The molecule has 1 N–H and O–H groups in total. The Kier molecular flexibility index (Phi) is 5.59. The van der Waals surface area contributed by atoms with Gasteiger partial charge in [-0.25, -0.2) is 4.79 Å². The molecular formula is C22H20N2O5. The van der Waals surface area contributed by atoms with Crippen LogP contribution in [-0.2, 0) is 9.53 Å². The Morgan fingerprint density at radius 3 is 2.55 bits per heavy atom. The van der Waals surface area contributed by atoms with E-state index in [0.717, 1.165) is 16.0 Å². The molecule has 0 saturated heterocycles. The molecule has 0 aliphatic carbocycles. The molecule has 0 radical (unpaired) electrons. The van der Waals surface area contributed by atoms with Crippen molar-refractivity contribution in [3.63, 3.8) is 0 Å². The van der Waals surface area contributed by atoms with Crippen molar-refractivity contribution in [2.75, 3.05) is 18.5 Å². The third kappa shape index (κ3) is 3.94. The molecular weight excluding hydrogens is 372 g/mol. The standard InChI is InChI=1S/C22H20N2O5/c1-4-10-24-20(26)16-9-8-15(11-17(16)21(24)27)22(28)29-12-19(25)23-18-7-5-6-13(2)14(18)3/h4-9,11H,1,10,12H2,2-3H3,(H,23,25). The molecule has 1 aliphatic rings. The Balaban J connectivity index is 1.66. The molecule has 0 saturated carbocycles. The van der Waals surface area contributed by atoms with Gasteiger partial charge in [0.15, 0.2) is 6.61 Å². The van der Waals surface area contributed by atoms with Gasteiger partial charge in [0.25, 0.3) is 17.7 Å². The van der Waals surface area contributed by atoms with Crippen LogP contribution in [0.5, 0.6) is 0 Å². The summed E-state index contributed by atoms with van der Waals surface area (Å²) in [4.78, 5) is 50.0. The molecule has 0 bridgehead atoms. The molecule has 0 spiro atoms. The van der Waals surface area contributed by atoms with E-state index in [9.17, 15) is 19.2 Å². The van der Waals surface area contributed by atoms with Gasteiger partial charge in [-0.2, -0.15) is 0 Å². The van der Waals surface area contributed by atoms with Gasteiger partial charge < -0.3 is 10.1 Å². The molecule has 7 heteroatoms. The van der Waals surface area contributed by atoms with E-state index in [2.05, 4.69) is 11.9 Å². The second-order valence-corrected chi connectivity index (χ2v) is 6.64. The first-order chi connectivity index (χ1) is 13.8. The second-order valence-electron chi connectivity index (χ2n) is 6.64. The fourth-order valence-corrected chi connectivity index (χ4v) is 3.00. The van der Waals surface area contributed by atoms with Crippen LogP contribution in [0.2, 0.25) is 0 Å². The predicted octanol–water partition coefficient (Wildman–Crippen LogP) is 2.88. The van der Waals surface area contributed by atoms with Crippen molar-refractivity contribution in [2.45, 2.75) is 13.8 Å². The maximum absolute atomic E-state index is 12.3. The number of carbonyl (C=O) groups is 4. The van der Waals surface area contributed by atoms with Gasteiger partial charge in [0.1, 0.15) is 0 Å². The summed E-state index contributed by atoms with van der Waals surface area (Å²) in [5, 5.41) is 2.70. The van der Waals surface area contributed by atoms with Crippen LogP contribution in [0.1, 0.15) is 42.2 Å². The number of ether oxygens (including phenoxy) is 1. The van der Waals surface area contributed by atoms with Crippen molar-refractivity contribution in [3.05, 3.63) is 76.9 Å². The number of hydrogen-bond donors (Lipinski definition) is 1. The zero-order chi connectivity index (χ0) is 21.1. The molecule has 0 aromatic heterocycles. The topological polar surface area (TPSA) is 92.8 Å². The van der Waals surface area contributed by atoms with E-state index in [1.54, 1.807) is 6.07 Å². The quantitative estimate of drug-likeness (QED) is 0.464. The third-order valence-corrected chi connectivity index (χ3v) is 4.73. The molecule has 2 aromatic carbocycles. The summed E-state index contributed by atoms with van der Waals surface area (Å²) in [7, 11) is 0. The zero-order valence-corrected chi connectivity index (χ0v) is 16.2. The normalized spacial score (nSPS) is 12.6. The lowest BCUT2D eigenvalue weighted by Crippen LogP contribution is -2.29. The van der Waals surface area contributed by atoms with E-state index in [1.165, 1.54) is 24.3 Å². The summed E-state index contributed by atoms with van der Waals surface area (Å²) < 4.78 is 5.05. The van der Waals surface area contributed by atoms with Gasteiger partial charge in [-0.1, -0.05) is 18.2 Å². The first-order valence-corrected chi connectivity index (χ1v) is 8.97. The number of aryl methyl sites for hydroxylation is 1. The Labute approximate surface area is 168 Å². The summed E-state index contributed by atoms with van der Waals surface area (Å²) >= 11 is 0. The molecule has 0 unspecified atom stereocenters. The van der Waals surface area contributed by atoms with E-state index < -0.39 is 30.3 Å². The zero-order valence-electron chi connectivity index (χ0n) is 16.2. The highest BCUT2D eigenvalue weighted by Crippen LogP contribution is 2.24. The van der Waals surface area contributed by atoms with Gasteiger partial charge in [-0.15, -0.1) is 6.58 Å². The van der Waals surface area contributed by atoms with Gasteiger partial charge in [0.2, 0.25) is 0 Å². The van der Waals surface area contributed by atoms with Gasteiger partial charge in [0.05, 0.1) is 16.7 Å². The van der Waals surface area contributed by atoms with E-state index in [1.807, 2.05) is 26.0 Å². The molecule has 29 heavy (non-hydrogen) atoms. The lowest BCUT2D eigenvalue weighted by atomic mass is 10.1. The Morgan fingerprint density at radius 2 is 1.83 bits per heavy atom. The molecule has 1 heterocycles. The molecule has 0 fully saturated rings. The molecule has 1 aliphatic heterocycles. The van der Waals surface area contributed by atoms with Crippen LogP contribution in [0, 0.1) is 13.8 Å². The number of rotatable bonds is 6. The van der Waals surface area contributed by atoms with Gasteiger partial charge in [-0.05, 0) is 49.2 Å². The lowest BCUT2D eigenvalue weighted by molar-refractivity contribution is -0.119. The van der Waals surface area contributed by atoms with Gasteiger partial charge in [0, 0.05) is 12.2 Å². The van der Waals surface area contributed by atoms with Crippen molar-refractivity contribution in [1.82, 2.24) is 4.90 Å². The van der Waals surface area contributed by atoms with Crippen LogP contribution in [-0.4, -0.2) is 41.7 Å². The third-order valence-electron chi connectivity index (χ3n) is 4.73. The highest BCUT2D eigenvalue weighted by Gasteiger charge is 2.35. The average Bonchev–Trinajstić information content (AvgIpc) is 2.94. The van der Waals surface area contributed by atoms with Crippen LogP contribution in [0.4, 0.5) is 5.69 Å². The van der Waals surface area contributed by atoms with Crippen molar-refractivity contribution in [1.29, 1.82) is 0 Å². The molecule has 3 amide bonds. The van der Waals surface area contributed by atoms with E-state index in [4.69, 9.17) is 4.74 Å². The highest BCUT2D eigenvalue weighted by molar-refractivity contribution is 6.22. The fourth-order valence-electron chi connectivity index (χ4n) is 3.00.